The fourth-order valence-electron chi connectivity index (χ4n) is 2.22. The fourth-order valence-corrected chi connectivity index (χ4v) is 2.22. The Kier molecular flexibility index (Phi) is 4.00. The van der Waals surface area contributed by atoms with Gasteiger partial charge in [-0.15, -0.1) is 5.10 Å². The van der Waals surface area contributed by atoms with Crippen LogP contribution in [0, 0.1) is 0 Å². The molecule has 0 aliphatic carbocycles. The molecule has 108 valence electrons. The Labute approximate surface area is 123 Å². The SMILES string of the molecule is COc1ccccc1OCCCn1nnc2ccccc21. The molecular formula is C16H17N3O2. The first kappa shape index (κ1) is 13.4. The molecule has 1 heterocycles. The largest absolute Gasteiger partial charge is 0.493 e. The number of rotatable bonds is 6. The molecule has 0 N–H and O–H groups in total. The molecule has 0 atom stereocenters. The van der Waals surface area contributed by atoms with E-state index in [1.807, 2.05) is 53.2 Å². The molecule has 0 bridgehead atoms. The summed E-state index contributed by atoms with van der Waals surface area (Å²) in [4.78, 5) is 0. The molecule has 5 nitrogen and oxygen atoms in total. The Balaban J connectivity index is 1.57. The number of nitrogens with zero attached hydrogens (tertiary/aromatic N) is 3. The van der Waals surface area contributed by atoms with Crippen LogP contribution in [0.15, 0.2) is 48.5 Å². The number of aryl methyl sites for hydroxylation is 1. The zero-order chi connectivity index (χ0) is 14.5. The number of para-hydroxylation sites is 3. The highest BCUT2D eigenvalue weighted by Crippen LogP contribution is 2.25. The van der Waals surface area contributed by atoms with Gasteiger partial charge in [0.05, 0.1) is 19.2 Å². The maximum atomic E-state index is 5.75. The quantitative estimate of drug-likeness (QED) is 0.653. The van der Waals surface area contributed by atoms with Crippen molar-refractivity contribution in [2.75, 3.05) is 13.7 Å². The molecule has 5 heteroatoms. The average Bonchev–Trinajstić information content (AvgIpc) is 2.95. The molecule has 0 saturated heterocycles. The third kappa shape index (κ3) is 2.97. The van der Waals surface area contributed by atoms with Gasteiger partial charge in [0.1, 0.15) is 5.52 Å². The van der Waals surface area contributed by atoms with E-state index in [1.54, 1.807) is 7.11 Å². The Morgan fingerprint density at radius 1 is 1.00 bits per heavy atom. The normalized spacial score (nSPS) is 10.7. The Bertz CT molecular complexity index is 724. The van der Waals surface area contributed by atoms with Crippen molar-refractivity contribution in [2.24, 2.45) is 0 Å². The van der Waals surface area contributed by atoms with Crippen molar-refractivity contribution < 1.29 is 9.47 Å². The van der Waals surface area contributed by atoms with Crippen molar-refractivity contribution in [1.29, 1.82) is 0 Å². The van der Waals surface area contributed by atoms with Crippen LogP contribution in [0.2, 0.25) is 0 Å². The van der Waals surface area contributed by atoms with Crippen molar-refractivity contribution in [1.82, 2.24) is 15.0 Å². The molecule has 2 aromatic carbocycles. The van der Waals surface area contributed by atoms with Crippen LogP contribution in [-0.2, 0) is 6.54 Å². The lowest BCUT2D eigenvalue weighted by Crippen LogP contribution is -2.06. The predicted octanol–water partition coefficient (Wildman–Crippen LogP) is 2.91. The van der Waals surface area contributed by atoms with E-state index in [4.69, 9.17) is 9.47 Å². The lowest BCUT2D eigenvalue weighted by Gasteiger charge is -2.10. The molecule has 0 unspecified atom stereocenters. The van der Waals surface area contributed by atoms with Gasteiger partial charge in [-0.05, 0) is 24.3 Å². The summed E-state index contributed by atoms with van der Waals surface area (Å²) in [5.41, 5.74) is 1.97. The maximum absolute atomic E-state index is 5.75. The van der Waals surface area contributed by atoms with Gasteiger partial charge in [-0.1, -0.05) is 29.5 Å². The summed E-state index contributed by atoms with van der Waals surface area (Å²) in [6, 6.07) is 15.6. The summed E-state index contributed by atoms with van der Waals surface area (Å²) >= 11 is 0. The van der Waals surface area contributed by atoms with Crippen LogP contribution >= 0.6 is 0 Å². The third-order valence-corrected chi connectivity index (χ3v) is 3.26. The van der Waals surface area contributed by atoms with E-state index in [2.05, 4.69) is 10.3 Å². The smallest absolute Gasteiger partial charge is 0.161 e. The van der Waals surface area contributed by atoms with Gasteiger partial charge in [0.25, 0.3) is 0 Å². The second kappa shape index (κ2) is 6.26. The molecule has 21 heavy (non-hydrogen) atoms. The van der Waals surface area contributed by atoms with Gasteiger partial charge in [-0.2, -0.15) is 0 Å². The molecule has 0 amide bonds. The zero-order valence-electron chi connectivity index (χ0n) is 11.9. The highest BCUT2D eigenvalue weighted by Gasteiger charge is 2.04. The number of methoxy groups -OCH3 is 1. The molecular weight excluding hydrogens is 266 g/mol. The number of benzene rings is 2. The number of hydrogen-bond donors (Lipinski definition) is 0. The van der Waals surface area contributed by atoms with Gasteiger partial charge >= 0.3 is 0 Å². The molecule has 3 rings (SSSR count). The second-order valence-corrected chi connectivity index (χ2v) is 4.65. The Morgan fingerprint density at radius 2 is 1.76 bits per heavy atom. The lowest BCUT2D eigenvalue weighted by atomic mass is 10.3. The van der Waals surface area contributed by atoms with Crippen molar-refractivity contribution in [3.63, 3.8) is 0 Å². The van der Waals surface area contributed by atoms with E-state index >= 15 is 0 Å². The molecule has 0 saturated carbocycles. The first-order valence-electron chi connectivity index (χ1n) is 6.92. The highest BCUT2D eigenvalue weighted by molar-refractivity contribution is 5.73. The number of hydrogen-bond acceptors (Lipinski definition) is 4. The van der Waals surface area contributed by atoms with Crippen molar-refractivity contribution >= 4 is 11.0 Å². The van der Waals surface area contributed by atoms with Crippen LogP contribution in [0.25, 0.3) is 11.0 Å². The Hall–Kier alpha value is -2.56. The van der Waals surface area contributed by atoms with Crippen molar-refractivity contribution in [2.45, 2.75) is 13.0 Å². The van der Waals surface area contributed by atoms with E-state index in [0.717, 1.165) is 35.5 Å². The molecule has 0 spiro atoms. The average molecular weight is 283 g/mol. The van der Waals surface area contributed by atoms with Gasteiger partial charge < -0.3 is 9.47 Å². The van der Waals surface area contributed by atoms with E-state index in [0.29, 0.717) is 6.61 Å². The second-order valence-electron chi connectivity index (χ2n) is 4.65. The minimum absolute atomic E-state index is 0.606. The minimum Gasteiger partial charge on any atom is -0.493 e. The number of ether oxygens (including phenoxy) is 2. The zero-order valence-corrected chi connectivity index (χ0v) is 11.9. The fraction of sp³-hybridized carbons (Fsp3) is 0.250. The molecule has 0 aliphatic rings. The molecule has 0 aliphatic heterocycles. The Morgan fingerprint density at radius 3 is 2.62 bits per heavy atom. The number of aromatic nitrogens is 3. The minimum atomic E-state index is 0.606. The molecule has 1 aromatic heterocycles. The van der Waals surface area contributed by atoms with Gasteiger partial charge in [0, 0.05) is 13.0 Å². The first-order chi connectivity index (χ1) is 10.4. The van der Waals surface area contributed by atoms with E-state index in [1.165, 1.54) is 0 Å². The van der Waals surface area contributed by atoms with Gasteiger partial charge in [-0.3, -0.25) is 0 Å². The lowest BCUT2D eigenvalue weighted by molar-refractivity contribution is 0.280. The molecule has 0 fully saturated rings. The summed E-state index contributed by atoms with van der Waals surface area (Å²) in [6.07, 6.45) is 0.853. The maximum Gasteiger partial charge on any atom is 0.161 e. The number of fused-ring (bicyclic) bond motifs is 1. The standard InChI is InChI=1S/C16H17N3O2/c1-20-15-9-4-5-10-16(15)21-12-6-11-19-14-8-3-2-7-13(14)17-18-19/h2-5,7-10H,6,11-12H2,1H3. The van der Waals surface area contributed by atoms with Crippen LogP contribution in [0.4, 0.5) is 0 Å². The monoisotopic (exact) mass is 283 g/mol. The third-order valence-electron chi connectivity index (χ3n) is 3.26. The van der Waals surface area contributed by atoms with Gasteiger partial charge in [0.2, 0.25) is 0 Å². The summed E-state index contributed by atoms with van der Waals surface area (Å²) in [5, 5.41) is 8.30. The van der Waals surface area contributed by atoms with Gasteiger partial charge in [-0.25, -0.2) is 4.68 Å². The molecule has 0 radical (unpaired) electrons. The van der Waals surface area contributed by atoms with Crippen molar-refractivity contribution in [3.8, 4) is 11.5 Å². The van der Waals surface area contributed by atoms with Crippen LogP contribution in [0.3, 0.4) is 0 Å². The van der Waals surface area contributed by atoms with Gasteiger partial charge in [0.15, 0.2) is 11.5 Å². The van der Waals surface area contributed by atoms with Crippen LogP contribution < -0.4 is 9.47 Å². The van der Waals surface area contributed by atoms with Crippen LogP contribution in [0.1, 0.15) is 6.42 Å². The van der Waals surface area contributed by atoms with E-state index < -0.39 is 0 Å². The summed E-state index contributed by atoms with van der Waals surface area (Å²) in [5.74, 6) is 1.52. The van der Waals surface area contributed by atoms with E-state index in [-0.39, 0.29) is 0 Å². The summed E-state index contributed by atoms with van der Waals surface area (Å²) < 4.78 is 12.9. The summed E-state index contributed by atoms with van der Waals surface area (Å²) in [6.45, 7) is 1.38. The predicted molar refractivity (Wildman–Crippen MR) is 80.6 cm³/mol. The van der Waals surface area contributed by atoms with Crippen molar-refractivity contribution in [3.05, 3.63) is 48.5 Å². The highest BCUT2D eigenvalue weighted by atomic mass is 16.5. The van der Waals surface area contributed by atoms with Crippen LogP contribution in [0.5, 0.6) is 11.5 Å². The van der Waals surface area contributed by atoms with E-state index in [9.17, 15) is 0 Å². The molecule has 3 aromatic rings. The van der Waals surface area contributed by atoms with Crippen LogP contribution in [-0.4, -0.2) is 28.7 Å². The topological polar surface area (TPSA) is 49.2 Å². The first-order valence-corrected chi connectivity index (χ1v) is 6.92. The summed E-state index contributed by atoms with van der Waals surface area (Å²) in [7, 11) is 1.64.